The van der Waals surface area contributed by atoms with Gasteiger partial charge in [-0.15, -0.1) is 6.42 Å². The fourth-order valence-electron chi connectivity index (χ4n) is 2.63. The van der Waals surface area contributed by atoms with Crippen molar-refractivity contribution in [2.75, 3.05) is 25.0 Å². The highest BCUT2D eigenvalue weighted by atomic mass is 15.1. The summed E-state index contributed by atoms with van der Waals surface area (Å²) in [6.07, 6.45) is 9.47. The van der Waals surface area contributed by atoms with Crippen LogP contribution in [0.3, 0.4) is 0 Å². The van der Waals surface area contributed by atoms with E-state index in [1.807, 2.05) is 6.20 Å². The zero-order chi connectivity index (χ0) is 13.1. The van der Waals surface area contributed by atoms with E-state index in [9.17, 15) is 0 Å². The molecule has 4 nitrogen and oxygen atoms in total. The number of likely N-dealkylation sites (tertiary alicyclic amines) is 1. The summed E-state index contributed by atoms with van der Waals surface area (Å²) in [5.74, 6) is 2.71. The van der Waals surface area contributed by atoms with Crippen LogP contribution in [0.15, 0.2) is 24.4 Å². The van der Waals surface area contributed by atoms with Crippen molar-refractivity contribution in [3.05, 3.63) is 24.4 Å². The Morgan fingerprint density at radius 1 is 1.42 bits per heavy atom. The normalized spacial score (nSPS) is 17.4. The van der Waals surface area contributed by atoms with E-state index in [-0.39, 0.29) is 0 Å². The van der Waals surface area contributed by atoms with E-state index in [2.05, 4.69) is 44.5 Å². The number of fused-ring (bicyclic) bond motifs is 1. The average molecular weight is 254 g/mol. The van der Waals surface area contributed by atoms with Crippen LogP contribution in [0, 0.1) is 12.3 Å². The zero-order valence-corrected chi connectivity index (χ0v) is 10.9. The molecule has 0 aliphatic carbocycles. The van der Waals surface area contributed by atoms with Gasteiger partial charge in [0.1, 0.15) is 0 Å². The van der Waals surface area contributed by atoms with E-state index in [1.165, 1.54) is 0 Å². The number of terminal acetylenes is 1. The summed E-state index contributed by atoms with van der Waals surface area (Å²) < 4.78 is 0. The van der Waals surface area contributed by atoms with Gasteiger partial charge >= 0.3 is 0 Å². The number of piperidine rings is 1. The first-order valence-corrected chi connectivity index (χ1v) is 6.70. The third kappa shape index (κ3) is 2.72. The Morgan fingerprint density at radius 3 is 3.05 bits per heavy atom. The predicted molar refractivity (Wildman–Crippen MR) is 78.0 cm³/mol. The van der Waals surface area contributed by atoms with Crippen molar-refractivity contribution in [3.8, 4) is 12.3 Å². The maximum atomic E-state index is 5.34. The molecule has 19 heavy (non-hydrogen) atoms. The van der Waals surface area contributed by atoms with Crippen molar-refractivity contribution < 1.29 is 0 Å². The van der Waals surface area contributed by atoms with Gasteiger partial charge in [-0.25, -0.2) is 0 Å². The quantitative estimate of drug-likeness (QED) is 0.824. The molecule has 1 aliphatic rings. The average Bonchev–Trinajstić information content (AvgIpc) is 2.89. The second kappa shape index (κ2) is 5.33. The van der Waals surface area contributed by atoms with Gasteiger partial charge in [-0.3, -0.25) is 10.00 Å². The van der Waals surface area contributed by atoms with Crippen LogP contribution >= 0.6 is 0 Å². The minimum atomic E-state index is 0.536. The van der Waals surface area contributed by atoms with Crippen LogP contribution in [-0.4, -0.2) is 40.8 Å². The standard InChI is InChI=1S/C15H18N4/c1-2-7-19-8-5-13(6-9-19)17-14-4-3-12-11-16-18-15(12)10-14/h1,3-4,10-11,13,17H,5-9H2,(H,16,18). The van der Waals surface area contributed by atoms with Crippen LogP contribution in [0.5, 0.6) is 0 Å². The zero-order valence-electron chi connectivity index (χ0n) is 10.9. The minimum absolute atomic E-state index is 0.536. The lowest BCUT2D eigenvalue weighted by atomic mass is 10.0. The van der Waals surface area contributed by atoms with Crippen LogP contribution in [0.2, 0.25) is 0 Å². The van der Waals surface area contributed by atoms with E-state index in [4.69, 9.17) is 6.42 Å². The molecule has 0 saturated carbocycles. The molecule has 1 aromatic carbocycles. The second-order valence-corrected chi connectivity index (χ2v) is 5.07. The molecule has 1 aliphatic heterocycles. The largest absolute Gasteiger partial charge is 0.382 e. The molecule has 1 aromatic heterocycles. The number of H-pyrrole nitrogens is 1. The fraction of sp³-hybridized carbons (Fsp3) is 0.400. The number of hydrogen-bond donors (Lipinski definition) is 2. The fourth-order valence-corrected chi connectivity index (χ4v) is 2.63. The van der Waals surface area contributed by atoms with Crippen molar-refractivity contribution in [2.45, 2.75) is 18.9 Å². The summed E-state index contributed by atoms with van der Waals surface area (Å²) >= 11 is 0. The molecule has 0 radical (unpaired) electrons. The van der Waals surface area contributed by atoms with E-state index in [1.54, 1.807) is 0 Å². The first-order valence-electron chi connectivity index (χ1n) is 6.70. The molecule has 1 saturated heterocycles. The summed E-state index contributed by atoms with van der Waals surface area (Å²) in [5.41, 5.74) is 2.24. The Balaban J connectivity index is 1.61. The Bertz CT molecular complexity index is 587. The van der Waals surface area contributed by atoms with Gasteiger partial charge in [0, 0.05) is 30.2 Å². The SMILES string of the molecule is C#CCN1CCC(Nc2ccc3cn[nH]c3c2)CC1. The van der Waals surface area contributed by atoms with Gasteiger partial charge in [0.2, 0.25) is 0 Å². The summed E-state index contributed by atoms with van der Waals surface area (Å²) in [7, 11) is 0. The Morgan fingerprint density at radius 2 is 2.26 bits per heavy atom. The van der Waals surface area contributed by atoms with Crippen molar-refractivity contribution in [2.24, 2.45) is 0 Å². The van der Waals surface area contributed by atoms with Crippen LogP contribution in [0.1, 0.15) is 12.8 Å². The third-order valence-electron chi connectivity index (χ3n) is 3.72. The number of nitrogens with zero attached hydrogens (tertiary/aromatic N) is 2. The number of nitrogens with one attached hydrogen (secondary N) is 2. The topological polar surface area (TPSA) is 44.0 Å². The Labute approximate surface area is 113 Å². The third-order valence-corrected chi connectivity index (χ3v) is 3.72. The van der Waals surface area contributed by atoms with E-state index < -0.39 is 0 Å². The minimum Gasteiger partial charge on any atom is -0.382 e. The van der Waals surface area contributed by atoms with Gasteiger partial charge in [-0.1, -0.05) is 5.92 Å². The number of benzene rings is 1. The molecule has 98 valence electrons. The lowest BCUT2D eigenvalue weighted by molar-refractivity contribution is 0.243. The predicted octanol–water partition coefficient (Wildman–Crippen LogP) is 2.07. The summed E-state index contributed by atoms with van der Waals surface area (Å²) in [4.78, 5) is 2.33. The number of anilines is 1. The van der Waals surface area contributed by atoms with Crippen LogP contribution in [0.25, 0.3) is 10.9 Å². The highest BCUT2D eigenvalue weighted by Gasteiger charge is 2.18. The van der Waals surface area contributed by atoms with Gasteiger partial charge in [-0.05, 0) is 31.0 Å². The van der Waals surface area contributed by atoms with Crippen molar-refractivity contribution in [3.63, 3.8) is 0 Å². The molecule has 2 N–H and O–H groups in total. The molecular formula is C15H18N4. The molecule has 2 heterocycles. The number of aromatic nitrogens is 2. The number of rotatable bonds is 3. The van der Waals surface area contributed by atoms with Crippen molar-refractivity contribution >= 4 is 16.6 Å². The van der Waals surface area contributed by atoms with Crippen molar-refractivity contribution in [1.82, 2.24) is 15.1 Å². The molecule has 3 rings (SSSR count). The molecule has 4 heteroatoms. The van der Waals surface area contributed by atoms with E-state index in [0.29, 0.717) is 6.04 Å². The van der Waals surface area contributed by atoms with E-state index >= 15 is 0 Å². The molecule has 0 atom stereocenters. The highest BCUT2D eigenvalue weighted by Crippen LogP contribution is 2.20. The lowest BCUT2D eigenvalue weighted by Crippen LogP contribution is -2.39. The van der Waals surface area contributed by atoms with Gasteiger partial charge < -0.3 is 5.32 Å². The number of aromatic amines is 1. The highest BCUT2D eigenvalue weighted by molar-refractivity contribution is 5.81. The second-order valence-electron chi connectivity index (χ2n) is 5.07. The maximum absolute atomic E-state index is 5.34. The molecule has 1 fully saturated rings. The Kier molecular flexibility index (Phi) is 3.39. The molecule has 0 unspecified atom stereocenters. The van der Waals surface area contributed by atoms with Gasteiger partial charge in [-0.2, -0.15) is 5.10 Å². The van der Waals surface area contributed by atoms with Crippen LogP contribution in [-0.2, 0) is 0 Å². The molecule has 2 aromatic rings. The van der Waals surface area contributed by atoms with Crippen LogP contribution in [0.4, 0.5) is 5.69 Å². The first kappa shape index (κ1) is 12.1. The van der Waals surface area contributed by atoms with Crippen LogP contribution < -0.4 is 5.32 Å². The lowest BCUT2D eigenvalue weighted by Gasteiger charge is -2.31. The Hall–Kier alpha value is -1.99. The summed E-state index contributed by atoms with van der Waals surface area (Å²) in [6, 6.07) is 6.87. The molecule has 0 spiro atoms. The van der Waals surface area contributed by atoms with Gasteiger partial charge in [0.05, 0.1) is 18.3 Å². The first-order chi connectivity index (χ1) is 9.35. The number of hydrogen-bond acceptors (Lipinski definition) is 3. The molecular weight excluding hydrogens is 236 g/mol. The van der Waals surface area contributed by atoms with Gasteiger partial charge in [0.25, 0.3) is 0 Å². The van der Waals surface area contributed by atoms with Crippen molar-refractivity contribution in [1.29, 1.82) is 0 Å². The summed E-state index contributed by atoms with van der Waals surface area (Å²) in [6.45, 7) is 2.93. The maximum Gasteiger partial charge on any atom is 0.0670 e. The smallest absolute Gasteiger partial charge is 0.0670 e. The molecule has 0 amide bonds. The van der Waals surface area contributed by atoms with E-state index in [0.717, 1.165) is 49.1 Å². The summed E-state index contributed by atoms with van der Waals surface area (Å²) in [5, 5.41) is 11.8. The van der Waals surface area contributed by atoms with Gasteiger partial charge in [0.15, 0.2) is 0 Å². The molecule has 0 bridgehead atoms. The monoisotopic (exact) mass is 254 g/mol.